The molecule has 1 aliphatic heterocycles. The molecular formula is C15H30N2. The lowest BCUT2D eigenvalue weighted by molar-refractivity contribution is 0.0767. The second-order valence-electron chi connectivity index (χ2n) is 6.39. The number of nitrogens with two attached hydrogens (primary N) is 1. The molecule has 0 aromatic carbocycles. The molecule has 17 heavy (non-hydrogen) atoms. The van der Waals surface area contributed by atoms with Gasteiger partial charge in [0.1, 0.15) is 0 Å². The van der Waals surface area contributed by atoms with E-state index in [1.54, 1.807) is 0 Å². The van der Waals surface area contributed by atoms with Crippen LogP contribution in [0, 0.1) is 5.92 Å². The van der Waals surface area contributed by atoms with E-state index in [4.69, 9.17) is 5.73 Å². The molecule has 1 saturated heterocycles. The lowest BCUT2D eigenvalue weighted by Gasteiger charge is -2.41. The topological polar surface area (TPSA) is 29.3 Å². The van der Waals surface area contributed by atoms with E-state index in [1.165, 1.54) is 57.9 Å². The number of hydrogen-bond donors (Lipinski definition) is 1. The molecule has 0 bridgehead atoms. The quantitative estimate of drug-likeness (QED) is 0.749. The summed E-state index contributed by atoms with van der Waals surface area (Å²) in [4.78, 5) is 2.74. The highest BCUT2D eigenvalue weighted by molar-refractivity contribution is 4.85. The first-order valence-corrected chi connectivity index (χ1v) is 7.70. The molecule has 1 aliphatic carbocycles. The number of hydrogen-bond acceptors (Lipinski definition) is 2. The van der Waals surface area contributed by atoms with Crippen LogP contribution in [0.15, 0.2) is 0 Å². The molecule has 0 aromatic heterocycles. The van der Waals surface area contributed by atoms with Crippen molar-refractivity contribution in [1.29, 1.82) is 0 Å². The standard InChI is InChI=1S/C15H30N2/c1-12-7-6-8-13(2)17(12)11-14-9-4-3-5-10-15(14)16/h12-15H,3-11,16H2,1-2H3. The fraction of sp³-hybridized carbons (Fsp3) is 1.00. The van der Waals surface area contributed by atoms with E-state index in [0.717, 1.165) is 18.0 Å². The van der Waals surface area contributed by atoms with E-state index in [-0.39, 0.29) is 0 Å². The Bertz CT molecular complexity index is 219. The van der Waals surface area contributed by atoms with E-state index < -0.39 is 0 Å². The second-order valence-corrected chi connectivity index (χ2v) is 6.39. The number of likely N-dealkylation sites (tertiary alicyclic amines) is 1. The van der Waals surface area contributed by atoms with Crippen LogP contribution in [-0.2, 0) is 0 Å². The van der Waals surface area contributed by atoms with Crippen LogP contribution in [0.1, 0.15) is 65.2 Å². The van der Waals surface area contributed by atoms with Gasteiger partial charge in [0.25, 0.3) is 0 Å². The summed E-state index contributed by atoms with van der Waals surface area (Å²) in [6.45, 7) is 6.05. The van der Waals surface area contributed by atoms with Crippen LogP contribution < -0.4 is 5.73 Å². The van der Waals surface area contributed by atoms with Crippen molar-refractivity contribution in [2.45, 2.75) is 83.3 Å². The van der Waals surface area contributed by atoms with E-state index in [1.807, 2.05) is 0 Å². The van der Waals surface area contributed by atoms with Crippen molar-refractivity contribution >= 4 is 0 Å². The zero-order chi connectivity index (χ0) is 12.3. The molecule has 0 radical (unpaired) electrons. The Hall–Kier alpha value is -0.0800. The molecule has 2 heteroatoms. The highest BCUT2D eigenvalue weighted by Crippen LogP contribution is 2.28. The summed E-state index contributed by atoms with van der Waals surface area (Å²) in [7, 11) is 0. The zero-order valence-electron chi connectivity index (χ0n) is 11.7. The Morgan fingerprint density at radius 3 is 2.24 bits per heavy atom. The van der Waals surface area contributed by atoms with Crippen LogP contribution in [0.5, 0.6) is 0 Å². The van der Waals surface area contributed by atoms with Gasteiger partial charge in [-0.2, -0.15) is 0 Å². The van der Waals surface area contributed by atoms with Crippen molar-refractivity contribution in [3.63, 3.8) is 0 Å². The largest absolute Gasteiger partial charge is 0.327 e. The summed E-state index contributed by atoms with van der Waals surface area (Å²) in [5, 5.41) is 0. The third-order valence-corrected chi connectivity index (χ3v) is 5.04. The van der Waals surface area contributed by atoms with Gasteiger partial charge in [-0.25, -0.2) is 0 Å². The fourth-order valence-corrected chi connectivity index (χ4v) is 3.75. The maximum atomic E-state index is 6.36. The van der Waals surface area contributed by atoms with Gasteiger partial charge in [-0.1, -0.05) is 25.7 Å². The summed E-state index contributed by atoms with van der Waals surface area (Å²) in [5.41, 5.74) is 6.36. The minimum absolute atomic E-state index is 0.457. The van der Waals surface area contributed by atoms with E-state index >= 15 is 0 Å². The van der Waals surface area contributed by atoms with Gasteiger partial charge in [0.2, 0.25) is 0 Å². The minimum Gasteiger partial charge on any atom is -0.327 e. The maximum Gasteiger partial charge on any atom is 0.00793 e. The summed E-state index contributed by atoms with van der Waals surface area (Å²) < 4.78 is 0. The molecule has 2 fully saturated rings. The lowest BCUT2D eigenvalue weighted by atomic mass is 9.90. The van der Waals surface area contributed by atoms with Gasteiger partial charge in [-0.05, 0) is 45.4 Å². The molecule has 2 aliphatic rings. The normalized spacial score (nSPS) is 41.1. The molecule has 2 rings (SSSR count). The average molecular weight is 238 g/mol. The van der Waals surface area contributed by atoms with Crippen molar-refractivity contribution in [2.24, 2.45) is 11.7 Å². The molecule has 0 amide bonds. The Morgan fingerprint density at radius 1 is 0.882 bits per heavy atom. The van der Waals surface area contributed by atoms with Crippen LogP contribution in [0.4, 0.5) is 0 Å². The van der Waals surface area contributed by atoms with E-state index in [0.29, 0.717) is 6.04 Å². The number of rotatable bonds is 2. The van der Waals surface area contributed by atoms with Gasteiger partial charge in [0.05, 0.1) is 0 Å². The van der Waals surface area contributed by atoms with Crippen LogP contribution in [0.25, 0.3) is 0 Å². The Morgan fingerprint density at radius 2 is 1.53 bits per heavy atom. The van der Waals surface area contributed by atoms with Crippen molar-refractivity contribution in [2.75, 3.05) is 6.54 Å². The molecule has 0 aromatic rings. The average Bonchev–Trinajstić information content (AvgIpc) is 2.49. The first-order chi connectivity index (χ1) is 8.18. The Kier molecular flexibility index (Phi) is 4.87. The van der Waals surface area contributed by atoms with Crippen molar-refractivity contribution < 1.29 is 0 Å². The predicted octanol–water partition coefficient (Wildman–Crippen LogP) is 3.16. The smallest absolute Gasteiger partial charge is 0.00793 e. The molecule has 1 heterocycles. The summed E-state index contributed by atoms with van der Waals surface area (Å²) in [5.74, 6) is 0.750. The summed E-state index contributed by atoms with van der Waals surface area (Å²) >= 11 is 0. The van der Waals surface area contributed by atoms with Crippen LogP contribution in [-0.4, -0.2) is 29.6 Å². The van der Waals surface area contributed by atoms with Gasteiger partial charge in [0, 0.05) is 24.7 Å². The molecule has 4 unspecified atom stereocenters. The minimum atomic E-state index is 0.457. The summed E-state index contributed by atoms with van der Waals surface area (Å²) in [6.07, 6.45) is 10.9. The second kappa shape index (κ2) is 6.19. The highest BCUT2D eigenvalue weighted by Gasteiger charge is 2.29. The number of piperidine rings is 1. The van der Waals surface area contributed by atoms with Gasteiger partial charge in [-0.3, -0.25) is 4.90 Å². The van der Waals surface area contributed by atoms with Crippen LogP contribution in [0.3, 0.4) is 0 Å². The van der Waals surface area contributed by atoms with Crippen LogP contribution >= 0.6 is 0 Å². The molecule has 2 N–H and O–H groups in total. The SMILES string of the molecule is CC1CCCC(C)N1CC1CCCCCC1N. The third-order valence-electron chi connectivity index (χ3n) is 5.04. The first-order valence-electron chi connectivity index (χ1n) is 7.70. The van der Waals surface area contributed by atoms with Crippen molar-refractivity contribution in [1.82, 2.24) is 4.90 Å². The molecule has 2 nitrogen and oxygen atoms in total. The number of nitrogens with zero attached hydrogens (tertiary/aromatic N) is 1. The summed E-state index contributed by atoms with van der Waals surface area (Å²) in [6, 6.07) is 2.00. The van der Waals surface area contributed by atoms with Gasteiger partial charge in [0.15, 0.2) is 0 Å². The monoisotopic (exact) mass is 238 g/mol. The molecule has 0 spiro atoms. The highest BCUT2D eigenvalue weighted by atomic mass is 15.2. The third kappa shape index (κ3) is 3.45. The lowest BCUT2D eigenvalue weighted by Crippen LogP contribution is -2.48. The Balaban J connectivity index is 1.92. The molecule has 1 saturated carbocycles. The molecule has 4 atom stereocenters. The van der Waals surface area contributed by atoms with Gasteiger partial charge >= 0.3 is 0 Å². The van der Waals surface area contributed by atoms with Crippen molar-refractivity contribution in [3.05, 3.63) is 0 Å². The van der Waals surface area contributed by atoms with E-state index in [9.17, 15) is 0 Å². The van der Waals surface area contributed by atoms with Crippen molar-refractivity contribution in [3.8, 4) is 0 Å². The van der Waals surface area contributed by atoms with Crippen LogP contribution in [0.2, 0.25) is 0 Å². The Labute approximate surface area is 107 Å². The molecular weight excluding hydrogens is 208 g/mol. The van der Waals surface area contributed by atoms with Gasteiger partial charge < -0.3 is 5.73 Å². The maximum absolute atomic E-state index is 6.36. The van der Waals surface area contributed by atoms with Gasteiger partial charge in [-0.15, -0.1) is 0 Å². The predicted molar refractivity (Wildman–Crippen MR) is 74.0 cm³/mol. The molecule has 100 valence electrons. The zero-order valence-corrected chi connectivity index (χ0v) is 11.7. The van der Waals surface area contributed by atoms with E-state index in [2.05, 4.69) is 18.7 Å². The fourth-order valence-electron chi connectivity index (χ4n) is 3.75. The first kappa shape index (κ1) is 13.4.